The third-order valence-electron chi connectivity index (χ3n) is 5.03. The molecule has 0 aliphatic carbocycles. The highest BCUT2D eigenvalue weighted by Crippen LogP contribution is 2.27. The van der Waals surface area contributed by atoms with Gasteiger partial charge in [0.15, 0.2) is 5.65 Å². The number of fused-ring (bicyclic) bond motifs is 1. The largest absolute Gasteiger partial charge is 0.497 e. The van der Waals surface area contributed by atoms with Crippen LogP contribution in [-0.2, 0) is 0 Å². The van der Waals surface area contributed by atoms with E-state index in [0.29, 0.717) is 25.5 Å². The number of hydrogen-bond donors (Lipinski definition) is 1. The van der Waals surface area contributed by atoms with E-state index >= 15 is 0 Å². The van der Waals surface area contributed by atoms with Gasteiger partial charge in [-0.3, -0.25) is 0 Å². The summed E-state index contributed by atoms with van der Waals surface area (Å²) in [6, 6.07) is 7.70. The zero-order valence-corrected chi connectivity index (χ0v) is 16.9. The molecule has 0 saturated carbocycles. The molecule has 29 heavy (non-hydrogen) atoms. The second-order valence-electron chi connectivity index (χ2n) is 6.90. The van der Waals surface area contributed by atoms with Crippen molar-refractivity contribution in [3.05, 3.63) is 36.3 Å². The molecule has 0 radical (unpaired) electrons. The van der Waals surface area contributed by atoms with Gasteiger partial charge >= 0.3 is 6.03 Å². The number of nitrogens with zero attached hydrogens (tertiary/aromatic N) is 6. The summed E-state index contributed by atoms with van der Waals surface area (Å²) in [5.41, 5.74) is 1.68. The molecule has 2 aromatic heterocycles. The molecular formula is C20H25N7O2. The Hall–Kier alpha value is -3.36. The second-order valence-corrected chi connectivity index (χ2v) is 6.90. The molecule has 0 atom stereocenters. The number of nitrogens with one attached hydrogen (secondary N) is 1. The van der Waals surface area contributed by atoms with Crippen molar-refractivity contribution in [1.29, 1.82) is 0 Å². The van der Waals surface area contributed by atoms with Crippen molar-refractivity contribution < 1.29 is 9.53 Å². The van der Waals surface area contributed by atoms with Crippen LogP contribution in [0.3, 0.4) is 0 Å². The van der Waals surface area contributed by atoms with E-state index in [1.807, 2.05) is 53.9 Å². The Labute approximate surface area is 169 Å². The average molecular weight is 395 g/mol. The molecule has 1 aliphatic heterocycles. The number of urea groups is 1. The van der Waals surface area contributed by atoms with Crippen LogP contribution >= 0.6 is 0 Å². The van der Waals surface area contributed by atoms with Gasteiger partial charge in [-0.2, -0.15) is 5.10 Å². The molecule has 1 N–H and O–H groups in total. The summed E-state index contributed by atoms with van der Waals surface area (Å²) < 4.78 is 7.06. The molecule has 0 bridgehead atoms. The third kappa shape index (κ3) is 3.67. The van der Waals surface area contributed by atoms with Crippen molar-refractivity contribution in [2.75, 3.05) is 44.7 Å². The van der Waals surface area contributed by atoms with Crippen LogP contribution in [0.1, 0.15) is 12.7 Å². The standard InChI is InChI=1S/C20H25N7O2/c1-4-21-20(28)26-11-9-25(10-12-26)18-17-13-22-27(19(17)24-14(2)23-18)15-5-7-16(29-3)8-6-15/h5-8,13H,4,9-12H2,1-3H3,(H,21,28). The van der Waals surface area contributed by atoms with E-state index < -0.39 is 0 Å². The number of carbonyl (C=O) groups is 1. The minimum Gasteiger partial charge on any atom is -0.497 e. The van der Waals surface area contributed by atoms with Crippen LogP contribution in [0.2, 0.25) is 0 Å². The molecule has 1 aliphatic rings. The maximum atomic E-state index is 12.1. The summed E-state index contributed by atoms with van der Waals surface area (Å²) in [6.07, 6.45) is 1.81. The fourth-order valence-corrected chi connectivity index (χ4v) is 3.54. The van der Waals surface area contributed by atoms with Gasteiger partial charge < -0.3 is 19.9 Å². The molecule has 3 heterocycles. The zero-order valence-electron chi connectivity index (χ0n) is 16.9. The van der Waals surface area contributed by atoms with Gasteiger partial charge in [-0.1, -0.05) is 0 Å². The van der Waals surface area contributed by atoms with E-state index in [4.69, 9.17) is 4.74 Å². The number of ether oxygens (including phenoxy) is 1. The number of hydrogen-bond acceptors (Lipinski definition) is 6. The Morgan fingerprint density at radius 3 is 2.52 bits per heavy atom. The summed E-state index contributed by atoms with van der Waals surface area (Å²) in [5.74, 6) is 2.35. The van der Waals surface area contributed by atoms with Gasteiger partial charge in [0.05, 0.1) is 24.4 Å². The van der Waals surface area contributed by atoms with Gasteiger partial charge in [-0.25, -0.2) is 19.4 Å². The van der Waals surface area contributed by atoms with Crippen LogP contribution in [-0.4, -0.2) is 70.5 Å². The number of amides is 2. The molecule has 3 aromatic rings. The van der Waals surface area contributed by atoms with E-state index in [2.05, 4.69) is 25.3 Å². The number of aromatic nitrogens is 4. The topological polar surface area (TPSA) is 88.4 Å². The van der Waals surface area contributed by atoms with E-state index in [0.717, 1.165) is 41.4 Å². The van der Waals surface area contributed by atoms with E-state index in [-0.39, 0.29) is 6.03 Å². The van der Waals surface area contributed by atoms with Gasteiger partial charge in [-0.15, -0.1) is 0 Å². The van der Waals surface area contributed by atoms with Crippen LogP contribution in [0.4, 0.5) is 10.6 Å². The molecule has 2 amide bonds. The first-order chi connectivity index (χ1) is 14.1. The van der Waals surface area contributed by atoms with Gasteiger partial charge in [0, 0.05) is 32.7 Å². The summed E-state index contributed by atoms with van der Waals surface area (Å²) >= 11 is 0. The van der Waals surface area contributed by atoms with Crippen LogP contribution in [0.5, 0.6) is 5.75 Å². The third-order valence-corrected chi connectivity index (χ3v) is 5.03. The lowest BCUT2D eigenvalue weighted by Gasteiger charge is -2.35. The minimum absolute atomic E-state index is 0.0107. The highest BCUT2D eigenvalue weighted by Gasteiger charge is 2.24. The smallest absolute Gasteiger partial charge is 0.317 e. The second kappa shape index (κ2) is 7.94. The van der Waals surface area contributed by atoms with Crippen LogP contribution in [0, 0.1) is 6.92 Å². The lowest BCUT2D eigenvalue weighted by Crippen LogP contribution is -2.52. The predicted molar refractivity (Wildman–Crippen MR) is 111 cm³/mol. The number of piperazine rings is 1. The molecule has 4 rings (SSSR count). The normalized spacial score (nSPS) is 14.3. The number of benzene rings is 1. The molecule has 0 spiro atoms. The lowest BCUT2D eigenvalue weighted by molar-refractivity contribution is 0.195. The first-order valence-electron chi connectivity index (χ1n) is 9.75. The summed E-state index contributed by atoms with van der Waals surface area (Å²) in [6.45, 7) is 7.20. The molecule has 152 valence electrons. The van der Waals surface area contributed by atoms with Gasteiger partial charge in [-0.05, 0) is 38.1 Å². The fraction of sp³-hybridized carbons (Fsp3) is 0.400. The van der Waals surface area contributed by atoms with Crippen molar-refractivity contribution >= 4 is 22.9 Å². The Morgan fingerprint density at radius 2 is 1.86 bits per heavy atom. The quantitative estimate of drug-likeness (QED) is 0.727. The van der Waals surface area contributed by atoms with Gasteiger partial charge in [0.25, 0.3) is 0 Å². The van der Waals surface area contributed by atoms with E-state index in [1.165, 1.54) is 0 Å². The van der Waals surface area contributed by atoms with Crippen molar-refractivity contribution in [2.45, 2.75) is 13.8 Å². The maximum Gasteiger partial charge on any atom is 0.317 e. The number of carbonyl (C=O) groups excluding carboxylic acids is 1. The lowest BCUT2D eigenvalue weighted by atomic mass is 10.2. The predicted octanol–water partition coefficient (Wildman–Crippen LogP) is 1.98. The monoisotopic (exact) mass is 395 g/mol. The molecule has 0 unspecified atom stereocenters. The van der Waals surface area contributed by atoms with Crippen molar-refractivity contribution in [2.24, 2.45) is 0 Å². The summed E-state index contributed by atoms with van der Waals surface area (Å²) in [4.78, 5) is 25.4. The molecule has 1 aromatic carbocycles. The first-order valence-corrected chi connectivity index (χ1v) is 9.75. The molecule has 1 fully saturated rings. The van der Waals surface area contributed by atoms with Crippen molar-refractivity contribution in [3.63, 3.8) is 0 Å². The van der Waals surface area contributed by atoms with Crippen molar-refractivity contribution in [1.82, 2.24) is 30.0 Å². The Kier molecular flexibility index (Phi) is 5.20. The number of anilines is 1. The van der Waals surface area contributed by atoms with Gasteiger partial charge in [0.1, 0.15) is 17.4 Å². The molecule has 9 nitrogen and oxygen atoms in total. The van der Waals surface area contributed by atoms with Crippen LogP contribution < -0.4 is 15.0 Å². The summed E-state index contributed by atoms with van der Waals surface area (Å²) in [5, 5.41) is 8.32. The number of rotatable bonds is 4. The highest BCUT2D eigenvalue weighted by molar-refractivity contribution is 5.88. The van der Waals surface area contributed by atoms with E-state index in [9.17, 15) is 4.79 Å². The van der Waals surface area contributed by atoms with Crippen LogP contribution in [0.25, 0.3) is 16.7 Å². The Bertz CT molecular complexity index is 1010. The van der Waals surface area contributed by atoms with E-state index in [1.54, 1.807) is 7.11 Å². The highest BCUT2D eigenvalue weighted by atomic mass is 16.5. The summed E-state index contributed by atoms with van der Waals surface area (Å²) in [7, 11) is 1.65. The number of methoxy groups -OCH3 is 1. The number of aryl methyl sites for hydroxylation is 1. The molecule has 9 heteroatoms. The SMILES string of the molecule is CCNC(=O)N1CCN(c2nc(C)nc3c2cnn3-c2ccc(OC)cc2)CC1. The van der Waals surface area contributed by atoms with Crippen molar-refractivity contribution in [3.8, 4) is 11.4 Å². The zero-order chi connectivity index (χ0) is 20.4. The Balaban J connectivity index is 1.63. The van der Waals surface area contributed by atoms with Gasteiger partial charge in [0.2, 0.25) is 0 Å². The molecular weight excluding hydrogens is 370 g/mol. The van der Waals surface area contributed by atoms with Crippen LogP contribution in [0.15, 0.2) is 30.5 Å². The first kappa shape index (κ1) is 19.0. The molecule has 1 saturated heterocycles. The average Bonchev–Trinajstić information content (AvgIpc) is 3.17. The minimum atomic E-state index is -0.0107. The fourth-order valence-electron chi connectivity index (χ4n) is 3.54. The maximum absolute atomic E-state index is 12.1. The Morgan fingerprint density at radius 1 is 1.14 bits per heavy atom.